The maximum atomic E-state index is 12.2. The molecule has 9 heteroatoms. The quantitative estimate of drug-likeness (QED) is 0.687. The van der Waals surface area contributed by atoms with Crippen LogP contribution in [0, 0.1) is 0 Å². The fraction of sp³-hybridized carbons (Fsp3) is 0.200. The average molecular weight is 461 g/mol. The van der Waals surface area contributed by atoms with Gasteiger partial charge in [0.1, 0.15) is 21.7 Å². The van der Waals surface area contributed by atoms with Gasteiger partial charge in [0.05, 0.1) is 14.2 Å². The van der Waals surface area contributed by atoms with Crippen molar-refractivity contribution >= 4 is 43.7 Å². The Kier molecular flexibility index (Phi) is 5.89. The van der Waals surface area contributed by atoms with E-state index in [1.54, 1.807) is 23.9 Å². The minimum Gasteiger partial charge on any atom is -0.495 e. The van der Waals surface area contributed by atoms with Gasteiger partial charge < -0.3 is 14.0 Å². The van der Waals surface area contributed by atoms with Crippen LogP contribution in [0.2, 0.25) is 0 Å². The van der Waals surface area contributed by atoms with Crippen molar-refractivity contribution in [2.24, 2.45) is 7.05 Å². The van der Waals surface area contributed by atoms with Crippen LogP contribution in [-0.2, 0) is 7.05 Å². The van der Waals surface area contributed by atoms with Crippen molar-refractivity contribution in [3.63, 3.8) is 0 Å². The Morgan fingerprint density at radius 1 is 1.00 bits per heavy atom. The van der Waals surface area contributed by atoms with Gasteiger partial charge in [0.15, 0.2) is 0 Å². The molecule has 0 radical (unpaired) electrons. The Bertz CT molecular complexity index is 764. The van der Waals surface area contributed by atoms with Crippen LogP contribution in [-0.4, -0.2) is 30.6 Å². The summed E-state index contributed by atoms with van der Waals surface area (Å²) in [5.41, 5.74) is 5.40. The second-order valence-corrected chi connectivity index (χ2v) is 6.47. The smallest absolute Gasteiger partial charge is 0.286 e. The van der Waals surface area contributed by atoms with Crippen molar-refractivity contribution in [1.82, 2.24) is 15.4 Å². The standard InChI is InChI=1S/C15H15Br2N3O4/c1-20-7-9(16)6-10(20)15(22)19-18-14(21)8-4-11(23-2)13(17)12(5-8)24-3/h4-7H,1-3H3,(H,18,21)(H,19,22). The van der Waals surface area contributed by atoms with Crippen LogP contribution < -0.4 is 20.3 Å². The number of hydrazine groups is 1. The normalized spacial score (nSPS) is 10.2. The van der Waals surface area contributed by atoms with Crippen LogP contribution in [0.1, 0.15) is 20.8 Å². The summed E-state index contributed by atoms with van der Waals surface area (Å²) in [6.07, 6.45) is 1.74. The molecule has 0 atom stereocenters. The highest BCUT2D eigenvalue weighted by molar-refractivity contribution is 9.11. The van der Waals surface area contributed by atoms with Gasteiger partial charge in [-0.3, -0.25) is 20.4 Å². The second-order valence-electron chi connectivity index (χ2n) is 4.76. The van der Waals surface area contributed by atoms with Gasteiger partial charge in [-0.2, -0.15) is 0 Å². The fourth-order valence-electron chi connectivity index (χ4n) is 2.00. The first kappa shape index (κ1) is 18.3. The third-order valence-electron chi connectivity index (χ3n) is 3.20. The van der Waals surface area contributed by atoms with Gasteiger partial charge in [-0.15, -0.1) is 0 Å². The number of halogens is 2. The Hall–Kier alpha value is -2.00. The molecule has 24 heavy (non-hydrogen) atoms. The Labute approximate surface area is 155 Å². The Morgan fingerprint density at radius 2 is 1.54 bits per heavy atom. The summed E-state index contributed by atoms with van der Waals surface area (Å²) in [7, 11) is 4.69. The summed E-state index contributed by atoms with van der Waals surface area (Å²) >= 11 is 6.62. The first-order valence-electron chi connectivity index (χ1n) is 6.71. The minimum atomic E-state index is -0.499. The summed E-state index contributed by atoms with van der Waals surface area (Å²) in [5.74, 6) is -0.0531. The fourth-order valence-corrected chi connectivity index (χ4v) is 3.08. The summed E-state index contributed by atoms with van der Waals surface area (Å²) in [6.45, 7) is 0. The number of hydrogen-bond acceptors (Lipinski definition) is 4. The second kappa shape index (κ2) is 7.71. The molecule has 0 spiro atoms. The molecule has 0 bridgehead atoms. The molecule has 1 aromatic heterocycles. The third kappa shape index (κ3) is 3.90. The highest BCUT2D eigenvalue weighted by Crippen LogP contribution is 2.35. The van der Waals surface area contributed by atoms with Gasteiger partial charge in [-0.25, -0.2) is 0 Å². The number of nitrogens with one attached hydrogen (secondary N) is 2. The molecule has 1 heterocycles. The molecule has 0 unspecified atom stereocenters. The van der Waals surface area contributed by atoms with E-state index >= 15 is 0 Å². The van der Waals surface area contributed by atoms with Crippen molar-refractivity contribution in [2.75, 3.05) is 14.2 Å². The van der Waals surface area contributed by atoms with Crippen LogP contribution in [0.5, 0.6) is 11.5 Å². The maximum absolute atomic E-state index is 12.2. The van der Waals surface area contributed by atoms with E-state index in [1.807, 2.05) is 0 Å². The van der Waals surface area contributed by atoms with E-state index in [0.717, 1.165) is 4.47 Å². The first-order chi connectivity index (χ1) is 11.4. The Morgan fingerprint density at radius 3 is 2.00 bits per heavy atom. The van der Waals surface area contributed by atoms with E-state index < -0.39 is 11.8 Å². The molecule has 0 saturated carbocycles. The number of rotatable bonds is 4. The van der Waals surface area contributed by atoms with Gasteiger partial charge in [0.2, 0.25) is 0 Å². The molecule has 7 nitrogen and oxygen atoms in total. The molecule has 0 fully saturated rings. The summed E-state index contributed by atoms with van der Waals surface area (Å²) in [5, 5.41) is 0. The number of aryl methyl sites for hydroxylation is 1. The molecule has 2 amide bonds. The monoisotopic (exact) mass is 459 g/mol. The summed E-state index contributed by atoms with van der Waals surface area (Å²) in [4.78, 5) is 24.3. The highest BCUT2D eigenvalue weighted by Gasteiger charge is 2.16. The zero-order chi connectivity index (χ0) is 17.9. The lowest BCUT2D eigenvalue weighted by molar-refractivity contribution is 0.0842. The molecule has 2 rings (SSSR count). The molecule has 2 aromatic rings. The molecular weight excluding hydrogens is 446 g/mol. The van der Waals surface area contributed by atoms with Crippen LogP contribution in [0.15, 0.2) is 33.3 Å². The van der Waals surface area contributed by atoms with E-state index in [2.05, 4.69) is 42.7 Å². The SMILES string of the molecule is COc1cc(C(=O)NNC(=O)c2cc(Br)cn2C)cc(OC)c1Br. The topological polar surface area (TPSA) is 81.6 Å². The number of aromatic nitrogens is 1. The number of nitrogens with zero attached hydrogens (tertiary/aromatic N) is 1. The average Bonchev–Trinajstić information content (AvgIpc) is 2.91. The number of hydrogen-bond donors (Lipinski definition) is 2. The van der Waals surface area contributed by atoms with Crippen molar-refractivity contribution < 1.29 is 19.1 Å². The van der Waals surface area contributed by atoms with Crippen LogP contribution in [0.25, 0.3) is 0 Å². The van der Waals surface area contributed by atoms with E-state index in [9.17, 15) is 9.59 Å². The predicted molar refractivity (Wildman–Crippen MR) is 95.3 cm³/mol. The number of carbonyl (C=O) groups is 2. The van der Waals surface area contributed by atoms with E-state index in [0.29, 0.717) is 21.7 Å². The molecule has 0 aliphatic carbocycles. The first-order valence-corrected chi connectivity index (χ1v) is 8.30. The van der Waals surface area contributed by atoms with Crippen LogP contribution in [0.3, 0.4) is 0 Å². The molecule has 1 aromatic carbocycles. The lowest BCUT2D eigenvalue weighted by Gasteiger charge is -2.12. The van der Waals surface area contributed by atoms with Gasteiger partial charge in [0, 0.05) is 23.3 Å². The van der Waals surface area contributed by atoms with Crippen molar-refractivity contribution in [1.29, 1.82) is 0 Å². The largest absolute Gasteiger partial charge is 0.495 e. The Balaban J connectivity index is 2.12. The van der Waals surface area contributed by atoms with E-state index in [-0.39, 0.29) is 5.56 Å². The van der Waals surface area contributed by atoms with E-state index in [4.69, 9.17) is 9.47 Å². The third-order valence-corrected chi connectivity index (χ3v) is 4.42. The van der Waals surface area contributed by atoms with Crippen LogP contribution >= 0.6 is 31.9 Å². The lowest BCUT2D eigenvalue weighted by Crippen LogP contribution is -2.42. The number of benzene rings is 1. The summed E-state index contributed by atoms with van der Waals surface area (Å²) in [6, 6.07) is 4.72. The van der Waals surface area contributed by atoms with Crippen molar-refractivity contribution in [2.45, 2.75) is 0 Å². The predicted octanol–water partition coefficient (Wildman–Crippen LogP) is 2.64. The lowest BCUT2D eigenvalue weighted by atomic mass is 10.2. The molecule has 0 aliphatic rings. The highest BCUT2D eigenvalue weighted by atomic mass is 79.9. The minimum absolute atomic E-state index is 0.278. The molecule has 2 N–H and O–H groups in total. The van der Waals surface area contributed by atoms with Gasteiger partial charge in [-0.05, 0) is 50.1 Å². The van der Waals surface area contributed by atoms with E-state index in [1.165, 1.54) is 26.4 Å². The zero-order valence-corrected chi connectivity index (χ0v) is 16.3. The molecular formula is C15H15Br2N3O4. The van der Waals surface area contributed by atoms with Gasteiger partial charge in [-0.1, -0.05) is 0 Å². The zero-order valence-electron chi connectivity index (χ0n) is 13.1. The van der Waals surface area contributed by atoms with Crippen molar-refractivity contribution in [3.8, 4) is 11.5 Å². The van der Waals surface area contributed by atoms with Gasteiger partial charge >= 0.3 is 0 Å². The number of ether oxygens (including phenoxy) is 2. The number of amides is 2. The van der Waals surface area contributed by atoms with Crippen LogP contribution in [0.4, 0.5) is 0 Å². The molecule has 128 valence electrons. The number of methoxy groups -OCH3 is 2. The summed E-state index contributed by atoms with van der Waals surface area (Å²) < 4.78 is 13.4. The maximum Gasteiger partial charge on any atom is 0.286 e. The van der Waals surface area contributed by atoms with Gasteiger partial charge in [0.25, 0.3) is 11.8 Å². The molecule has 0 saturated heterocycles. The number of carbonyl (C=O) groups excluding carboxylic acids is 2. The van der Waals surface area contributed by atoms with Crippen molar-refractivity contribution in [3.05, 3.63) is 44.6 Å². The molecule has 0 aliphatic heterocycles.